The van der Waals surface area contributed by atoms with E-state index in [4.69, 9.17) is 19.4 Å². The molecule has 0 radical (unpaired) electrons. The Morgan fingerprint density at radius 3 is 1.91 bits per heavy atom. The summed E-state index contributed by atoms with van der Waals surface area (Å²) in [4.78, 5) is 15.2. The monoisotopic (exact) mass is 603 g/mol. The van der Waals surface area contributed by atoms with Crippen LogP contribution in [0.15, 0.2) is 156 Å². The fraction of sp³-hybridized carbons (Fsp3) is 0.0465. The van der Waals surface area contributed by atoms with E-state index in [9.17, 15) is 0 Å². The zero-order chi connectivity index (χ0) is 31.2. The second-order valence-corrected chi connectivity index (χ2v) is 11.9. The van der Waals surface area contributed by atoms with Crippen molar-refractivity contribution in [1.29, 1.82) is 0 Å². The van der Waals surface area contributed by atoms with E-state index in [1.807, 2.05) is 36.4 Å². The lowest BCUT2D eigenvalue weighted by molar-refractivity contribution is 0.669. The molecule has 2 aromatic heterocycles. The van der Waals surface area contributed by atoms with E-state index >= 15 is 0 Å². The largest absolute Gasteiger partial charge is 0.456 e. The maximum absolute atomic E-state index is 6.20. The number of rotatable bonds is 5. The van der Waals surface area contributed by atoms with Gasteiger partial charge >= 0.3 is 0 Å². The minimum absolute atomic E-state index is 0.636. The molecule has 0 aliphatic heterocycles. The molecule has 9 rings (SSSR count). The van der Waals surface area contributed by atoms with E-state index in [1.165, 1.54) is 27.6 Å². The summed E-state index contributed by atoms with van der Waals surface area (Å²) in [5, 5.41) is 4.37. The van der Waals surface area contributed by atoms with Gasteiger partial charge < -0.3 is 4.42 Å². The SMILES string of the molecule is C1=CC(c2nc(-c3ccc4cc(-c5ccc(-c6ccccc6)cc5)ccc4c3)nc(-c3cccc4oc5ccccc5c34)n2)=CCC1. The third-order valence-corrected chi connectivity index (χ3v) is 8.96. The summed E-state index contributed by atoms with van der Waals surface area (Å²) in [6, 6.07) is 46.6. The molecule has 0 bridgehead atoms. The Balaban J connectivity index is 1.13. The molecular weight excluding hydrogens is 574 g/mol. The van der Waals surface area contributed by atoms with Crippen LogP contribution in [0.5, 0.6) is 0 Å². The first kappa shape index (κ1) is 27.2. The number of aromatic nitrogens is 3. The van der Waals surface area contributed by atoms with Gasteiger partial charge in [0, 0.05) is 27.5 Å². The van der Waals surface area contributed by atoms with Crippen LogP contribution in [0.4, 0.5) is 0 Å². The van der Waals surface area contributed by atoms with Crippen molar-refractivity contribution in [3.8, 4) is 45.0 Å². The lowest BCUT2D eigenvalue weighted by Crippen LogP contribution is -2.03. The van der Waals surface area contributed by atoms with E-state index in [-0.39, 0.29) is 0 Å². The van der Waals surface area contributed by atoms with Gasteiger partial charge in [-0.25, -0.2) is 15.0 Å². The van der Waals surface area contributed by atoms with E-state index in [2.05, 4.69) is 115 Å². The molecule has 222 valence electrons. The summed E-state index contributed by atoms with van der Waals surface area (Å²) >= 11 is 0. The molecule has 0 unspecified atom stereocenters. The average molecular weight is 604 g/mol. The Labute approximate surface area is 272 Å². The minimum Gasteiger partial charge on any atom is -0.456 e. The van der Waals surface area contributed by atoms with Crippen molar-refractivity contribution in [2.45, 2.75) is 12.8 Å². The van der Waals surface area contributed by atoms with E-state index in [0.29, 0.717) is 17.5 Å². The second-order valence-electron chi connectivity index (χ2n) is 11.9. The standard InChI is InChI=1S/C43H29N3O/c1-3-10-28(11-4-1)29-18-20-30(21-19-29)32-22-23-34-27-35(25-24-33(34)26-32)42-44-41(31-12-5-2-6-13-31)45-43(46-42)37-15-9-17-39-40(37)36-14-7-8-16-38(36)47-39/h1,3-5,7-27H,2,6H2. The normalized spacial score (nSPS) is 13.0. The maximum Gasteiger partial charge on any atom is 0.164 e. The van der Waals surface area contributed by atoms with Gasteiger partial charge in [-0.1, -0.05) is 127 Å². The van der Waals surface area contributed by atoms with Crippen molar-refractivity contribution >= 4 is 38.3 Å². The number of allylic oxidation sites excluding steroid dienone is 4. The fourth-order valence-electron chi connectivity index (χ4n) is 6.54. The molecule has 0 amide bonds. The van der Waals surface area contributed by atoms with Crippen molar-refractivity contribution in [3.63, 3.8) is 0 Å². The zero-order valence-corrected chi connectivity index (χ0v) is 25.6. The number of benzene rings is 6. The second kappa shape index (κ2) is 11.3. The molecule has 0 saturated heterocycles. The molecule has 1 aliphatic carbocycles. The van der Waals surface area contributed by atoms with Crippen molar-refractivity contribution in [1.82, 2.24) is 15.0 Å². The Hall–Kier alpha value is -6.13. The Bertz CT molecular complexity index is 2510. The van der Waals surface area contributed by atoms with Crippen LogP contribution in [0.25, 0.3) is 83.3 Å². The van der Waals surface area contributed by atoms with Gasteiger partial charge in [-0.3, -0.25) is 0 Å². The highest BCUT2D eigenvalue weighted by Crippen LogP contribution is 2.37. The maximum atomic E-state index is 6.20. The van der Waals surface area contributed by atoms with Crippen LogP contribution in [0.2, 0.25) is 0 Å². The number of nitrogens with zero attached hydrogens (tertiary/aromatic N) is 3. The first-order chi connectivity index (χ1) is 23.3. The molecule has 6 aromatic carbocycles. The summed E-state index contributed by atoms with van der Waals surface area (Å²) in [6.45, 7) is 0. The predicted molar refractivity (Wildman–Crippen MR) is 193 cm³/mol. The highest BCUT2D eigenvalue weighted by atomic mass is 16.3. The van der Waals surface area contributed by atoms with Gasteiger partial charge in [0.25, 0.3) is 0 Å². The van der Waals surface area contributed by atoms with Crippen LogP contribution in [0, 0.1) is 0 Å². The quantitative estimate of drug-likeness (QED) is 0.196. The van der Waals surface area contributed by atoms with Gasteiger partial charge in [0.1, 0.15) is 11.2 Å². The summed E-state index contributed by atoms with van der Waals surface area (Å²) in [7, 11) is 0. The van der Waals surface area contributed by atoms with E-state index in [1.54, 1.807) is 0 Å². The predicted octanol–water partition coefficient (Wildman–Crippen LogP) is 11.3. The molecule has 4 nitrogen and oxygen atoms in total. The Kier molecular flexibility index (Phi) is 6.57. The molecule has 47 heavy (non-hydrogen) atoms. The van der Waals surface area contributed by atoms with Gasteiger partial charge in [0.15, 0.2) is 17.5 Å². The van der Waals surface area contributed by atoms with Crippen molar-refractivity contribution in [2.75, 3.05) is 0 Å². The summed E-state index contributed by atoms with van der Waals surface area (Å²) < 4.78 is 6.20. The van der Waals surface area contributed by atoms with Crippen molar-refractivity contribution in [2.24, 2.45) is 0 Å². The van der Waals surface area contributed by atoms with Crippen LogP contribution in [-0.2, 0) is 0 Å². The first-order valence-corrected chi connectivity index (χ1v) is 16.0. The lowest BCUT2D eigenvalue weighted by Gasteiger charge is -2.12. The fourth-order valence-corrected chi connectivity index (χ4v) is 6.54. The van der Waals surface area contributed by atoms with Crippen LogP contribution in [0.3, 0.4) is 0 Å². The summed E-state index contributed by atoms with van der Waals surface area (Å²) in [5.74, 6) is 1.97. The highest BCUT2D eigenvalue weighted by molar-refractivity contribution is 6.11. The smallest absolute Gasteiger partial charge is 0.164 e. The van der Waals surface area contributed by atoms with Gasteiger partial charge in [0.2, 0.25) is 0 Å². The summed E-state index contributed by atoms with van der Waals surface area (Å²) in [6.07, 6.45) is 8.51. The number of fused-ring (bicyclic) bond motifs is 4. The zero-order valence-electron chi connectivity index (χ0n) is 25.6. The van der Waals surface area contributed by atoms with Gasteiger partial charge in [0.05, 0.1) is 0 Å². The molecule has 2 heterocycles. The Morgan fingerprint density at radius 1 is 0.468 bits per heavy atom. The molecule has 1 aliphatic rings. The Morgan fingerprint density at radius 2 is 1.11 bits per heavy atom. The van der Waals surface area contributed by atoms with Gasteiger partial charge in [-0.2, -0.15) is 0 Å². The van der Waals surface area contributed by atoms with E-state index < -0.39 is 0 Å². The molecule has 0 N–H and O–H groups in total. The molecule has 0 fully saturated rings. The van der Waals surface area contributed by atoms with Gasteiger partial charge in [-0.05, 0) is 70.1 Å². The molecule has 0 spiro atoms. The molecule has 0 atom stereocenters. The van der Waals surface area contributed by atoms with Crippen LogP contribution < -0.4 is 0 Å². The molecular formula is C43H29N3O. The minimum atomic E-state index is 0.636. The number of para-hydroxylation sites is 1. The molecule has 0 saturated carbocycles. The highest BCUT2D eigenvalue weighted by Gasteiger charge is 2.18. The number of hydrogen-bond donors (Lipinski definition) is 0. The third-order valence-electron chi connectivity index (χ3n) is 8.96. The van der Waals surface area contributed by atoms with E-state index in [0.717, 1.165) is 56.9 Å². The third kappa shape index (κ3) is 5.01. The van der Waals surface area contributed by atoms with Gasteiger partial charge in [-0.15, -0.1) is 0 Å². The van der Waals surface area contributed by atoms with Crippen LogP contribution in [0.1, 0.15) is 18.7 Å². The van der Waals surface area contributed by atoms with Crippen molar-refractivity contribution in [3.05, 3.63) is 158 Å². The lowest BCUT2D eigenvalue weighted by atomic mass is 9.97. The first-order valence-electron chi connectivity index (χ1n) is 16.0. The number of furan rings is 1. The topological polar surface area (TPSA) is 51.8 Å². The van der Waals surface area contributed by atoms with Crippen molar-refractivity contribution < 1.29 is 4.42 Å². The molecule has 4 heteroatoms. The average Bonchev–Trinajstić information content (AvgIpc) is 3.54. The molecule has 8 aromatic rings. The summed E-state index contributed by atoms with van der Waals surface area (Å²) in [5.41, 5.74) is 9.39. The van der Waals surface area contributed by atoms with Crippen LogP contribution in [-0.4, -0.2) is 15.0 Å². The van der Waals surface area contributed by atoms with Crippen LogP contribution >= 0.6 is 0 Å². The number of hydrogen-bond acceptors (Lipinski definition) is 4.